The smallest absolute Gasteiger partial charge is 0.407 e. The molecular weight excluding hydrogens is 536 g/mol. The first-order valence-corrected chi connectivity index (χ1v) is 13.8. The fraction of sp³-hybridized carbons (Fsp3) is 0.250. The second kappa shape index (κ2) is 11.5. The molecule has 0 unspecified atom stereocenters. The number of nitrogens with zero attached hydrogens (tertiary/aromatic N) is 3. The molecule has 0 bridgehead atoms. The molecule has 0 saturated heterocycles. The van der Waals surface area contributed by atoms with Gasteiger partial charge in [0.05, 0.1) is 25.5 Å². The quantitative estimate of drug-likeness (QED) is 0.307. The number of rotatable bonds is 9. The number of carboxylic acids is 1. The van der Waals surface area contributed by atoms with Crippen LogP contribution in [0.3, 0.4) is 0 Å². The number of carbonyl (C=O) groups excluding carboxylic acids is 2. The number of carbonyl (C=O) groups is 3. The number of anilines is 1. The van der Waals surface area contributed by atoms with Gasteiger partial charge >= 0.3 is 12.1 Å². The number of fused-ring (bicyclic) bond motifs is 4. The van der Waals surface area contributed by atoms with Crippen LogP contribution in [0.2, 0.25) is 0 Å². The zero-order valence-electron chi connectivity index (χ0n) is 23.0. The van der Waals surface area contributed by atoms with E-state index in [9.17, 15) is 19.5 Å². The van der Waals surface area contributed by atoms with Crippen LogP contribution in [0.15, 0.2) is 85.1 Å². The lowest BCUT2D eigenvalue weighted by Crippen LogP contribution is -2.54. The molecule has 1 aliphatic carbocycles. The molecule has 214 valence electrons. The molecule has 0 radical (unpaired) electrons. The van der Waals surface area contributed by atoms with Crippen LogP contribution in [0.4, 0.5) is 10.6 Å². The second-order valence-electron chi connectivity index (χ2n) is 10.3. The molecule has 0 saturated carbocycles. The van der Waals surface area contributed by atoms with Crippen molar-refractivity contribution in [3.8, 4) is 11.1 Å². The maximum absolute atomic E-state index is 13.9. The van der Waals surface area contributed by atoms with Crippen LogP contribution in [-0.2, 0) is 27.4 Å². The van der Waals surface area contributed by atoms with Gasteiger partial charge in [0.1, 0.15) is 24.0 Å². The highest BCUT2D eigenvalue weighted by atomic mass is 16.5. The van der Waals surface area contributed by atoms with E-state index in [1.807, 2.05) is 66.7 Å². The van der Waals surface area contributed by atoms with Crippen molar-refractivity contribution >= 4 is 23.8 Å². The zero-order valence-corrected chi connectivity index (χ0v) is 23.0. The van der Waals surface area contributed by atoms with Gasteiger partial charge in [-0.3, -0.25) is 9.69 Å². The number of hydrogen-bond donors (Lipinski definition) is 2. The summed E-state index contributed by atoms with van der Waals surface area (Å²) in [4.78, 5) is 40.3. The fourth-order valence-corrected chi connectivity index (χ4v) is 5.71. The Kier molecular flexibility index (Phi) is 7.45. The van der Waals surface area contributed by atoms with Crippen molar-refractivity contribution < 1.29 is 29.0 Å². The van der Waals surface area contributed by atoms with Gasteiger partial charge in [-0.05, 0) is 34.7 Å². The summed E-state index contributed by atoms with van der Waals surface area (Å²) in [6, 6.07) is 24.4. The summed E-state index contributed by atoms with van der Waals surface area (Å²) in [5, 5.41) is 16.5. The summed E-state index contributed by atoms with van der Waals surface area (Å²) < 4.78 is 13.2. The third-order valence-electron chi connectivity index (χ3n) is 7.81. The highest BCUT2D eigenvalue weighted by Crippen LogP contribution is 2.44. The zero-order chi connectivity index (χ0) is 29.2. The molecule has 6 rings (SSSR count). The summed E-state index contributed by atoms with van der Waals surface area (Å²) in [5.41, 5.74) is 5.19. The van der Waals surface area contributed by atoms with Crippen molar-refractivity contribution in [2.45, 2.75) is 38.1 Å². The van der Waals surface area contributed by atoms with E-state index in [4.69, 9.17) is 9.47 Å². The van der Waals surface area contributed by atoms with E-state index < -0.39 is 30.1 Å². The molecule has 1 aromatic heterocycles. The van der Waals surface area contributed by atoms with E-state index in [0.29, 0.717) is 6.54 Å². The summed E-state index contributed by atoms with van der Waals surface area (Å²) in [5.74, 6) is -1.66. The Bertz CT molecular complexity index is 1590. The number of nitrogens with one attached hydrogen (secondary N) is 1. The van der Waals surface area contributed by atoms with Crippen molar-refractivity contribution in [3.63, 3.8) is 0 Å². The minimum Gasteiger partial charge on any atom is -0.477 e. The van der Waals surface area contributed by atoms with Gasteiger partial charge in [-0.1, -0.05) is 78.9 Å². The van der Waals surface area contributed by atoms with Gasteiger partial charge in [0, 0.05) is 12.5 Å². The second-order valence-corrected chi connectivity index (χ2v) is 10.3. The number of hydrogen-bond acceptors (Lipinski definition) is 6. The normalized spacial score (nSPS) is 14.9. The van der Waals surface area contributed by atoms with Crippen LogP contribution >= 0.6 is 0 Å². The lowest BCUT2D eigenvalue weighted by atomic mass is 9.98. The molecule has 2 N–H and O–H groups in total. The third kappa shape index (κ3) is 5.12. The number of benzene rings is 3. The summed E-state index contributed by atoms with van der Waals surface area (Å²) in [7, 11) is 0. The lowest BCUT2D eigenvalue weighted by molar-refractivity contribution is -0.124. The Balaban J connectivity index is 1.20. The largest absolute Gasteiger partial charge is 0.477 e. The molecule has 0 fully saturated rings. The molecule has 1 aliphatic heterocycles. The lowest BCUT2D eigenvalue weighted by Gasteiger charge is -2.28. The van der Waals surface area contributed by atoms with Crippen LogP contribution in [0.25, 0.3) is 11.1 Å². The van der Waals surface area contributed by atoms with Gasteiger partial charge in [0.2, 0.25) is 0 Å². The van der Waals surface area contributed by atoms with Crippen molar-refractivity contribution in [3.05, 3.63) is 107 Å². The first-order valence-electron chi connectivity index (χ1n) is 13.8. The Morgan fingerprint density at radius 3 is 2.26 bits per heavy atom. The molecule has 2 aliphatic rings. The average Bonchev–Trinajstić information content (AvgIpc) is 3.70. The number of alkyl carbamates (subject to hydrolysis) is 1. The van der Waals surface area contributed by atoms with Gasteiger partial charge in [0.25, 0.3) is 5.91 Å². The molecule has 10 heteroatoms. The monoisotopic (exact) mass is 566 g/mol. The number of aromatic carboxylic acids is 1. The predicted octanol–water partition coefficient (Wildman–Crippen LogP) is 4.44. The molecule has 10 nitrogen and oxygen atoms in total. The average molecular weight is 567 g/mol. The van der Waals surface area contributed by atoms with Crippen molar-refractivity contribution in [2.24, 2.45) is 0 Å². The molecule has 0 spiro atoms. The summed E-state index contributed by atoms with van der Waals surface area (Å²) in [6.07, 6.45) is -0.305. The topological polar surface area (TPSA) is 123 Å². The minimum absolute atomic E-state index is 0.0830. The Morgan fingerprint density at radius 1 is 0.952 bits per heavy atom. The van der Waals surface area contributed by atoms with Crippen molar-refractivity contribution in [1.82, 2.24) is 15.1 Å². The van der Waals surface area contributed by atoms with Gasteiger partial charge in [0.15, 0.2) is 0 Å². The fourth-order valence-electron chi connectivity index (χ4n) is 5.71. The highest BCUT2D eigenvalue weighted by molar-refractivity contribution is 6.04. The summed E-state index contributed by atoms with van der Waals surface area (Å²) in [6.45, 7) is 2.55. The van der Waals surface area contributed by atoms with E-state index in [0.717, 1.165) is 27.8 Å². The maximum Gasteiger partial charge on any atom is 0.407 e. The Morgan fingerprint density at radius 2 is 1.60 bits per heavy atom. The summed E-state index contributed by atoms with van der Waals surface area (Å²) >= 11 is 0. The van der Waals surface area contributed by atoms with Crippen molar-refractivity contribution in [1.29, 1.82) is 0 Å². The van der Waals surface area contributed by atoms with E-state index in [-0.39, 0.29) is 37.1 Å². The molecular formula is C32H30N4O6. The van der Waals surface area contributed by atoms with E-state index in [1.165, 1.54) is 15.8 Å². The number of ether oxygens (including phenoxy) is 2. The molecule has 3 aromatic carbocycles. The third-order valence-corrected chi connectivity index (χ3v) is 7.81. The van der Waals surface area contributed by atoms with E-state index >= 15 is 0 Å². The first kappa shape index (κ1) is 27.2. The van der Waals surface area contributed by atoms with E-state index in [1.54, 1.807) is 6.92 Å². The number of amides is 2. The number of carboxylic acid groups (broad SMARTS) is 1. The molecule has 42 heavy (non-hydrogen) atoms. The van der Waals surface area contributed by atoms with E-state index in [2.05, 4.69) is 22.5 Å². The Hall–Kier alpha value is -4.96. The van der Waals surface area contributed by atoms with Crippen LogP contribution in [0.1, 0.15) is 39.9 Å². The molecule has 4 aromatic rings. The minimum atomic E-state index is -1.19. The van der Waals surface area contributed by atoms with Gasteiger partial charge in [-0.15, -0.1) is 0 Å². The first-order chi connectivity index (χ1) is 20.4. The maximum atomic E-state index is 13.9. The highest BCUT2D eigenvalue weighted by Gasteiger charge is 2.39. The van der Waals surface area contributed by atoms with Gasteiger partial charge in [-0.25, -0.2) is 14.3 Å². The molecule has 2 heterocycles. The molecule has 2 atom stereocenters. The predicted molar refractivity (Wildman–Crippen MR) is 154 cm³/mol. The standard InChI is InChI=1S/C32H30N4O6/c1-20(41-18-21-9-3-2-4-10-21)28(30(37)35-15-16-36-29(35)26(17-33-36)31(38)39)34-32(40)42-19-27-24-13-7-5-11-22(24)23-12-6-8-14-25(23)27/h2-14,17,20,27-28H,15-16,18-19H2,1H3,(H,34,40)(H,38,39)/t20-,28+/m0/s1. The van der Waals surface area contributed by atoms with Crippen LogP contribution in [-0.4, -0.2) is 58.2 Å². The van der Waals surface area contributed by atoms with Crippen molar-refractivity contribution in [2.75, 3.05) is 18.1 Å². The molecule has 2 amide bonds. The van der Waals surface area contributed by atoms with Gasteiger partial charge in [-0.2, -0.15) is 5.10 Å². The van der Waals surface area contributed by atoms with Crippen LogP contribution < -0.4 is 10.2 Å². The van der Waals surface area contributed by atoms with Crippen LogP contribution in [0.5, 0.6) is 0 Å². The van der Waals surface area contributed by atoms with Gasteiger partial charge < -0.3 is 19.9 Å². The SMILES string of the molecule is C[C@H](OCc1ccccc1)[C@@H](NC(=O)OCC1c2ccccc2-c2ccccc21)C(=O)N1CCn2ncc(C(=O)O)c21. The van der Waals surface area contributed by atoms with Crippen LogP contribution in [0, 0.1) is 0 Å². The Labute approximate surface area is 242 Å². The number of aromatic nitrogens is 2.